The van der Waals surface area contributed by atoms with E-state index in [-0.39, 0.29) is 6.10 Å². The standard InChI is InChI=1S/C8H8O2/c1-2-7-6-9-5-3-8(7)10-4-1/h1-5,8H,6H2. The van der Waals surface area contributed by atoms with E-state index in [0.29, 0.717) is 6.61 Å². The molecule has 1 unspecified atom stereocenters. The maximum atomic E-state index is 5.27. The Morgan fingerprint density at radius 1 is 1.40 bits per heavy atom. The number of ether oxygens (including phenoxy) is 2. The van der Waals surface area contributed by atoms with Crippen LogP contribution in [0.4, 0.5) is 0 Å². The van der Waals surface area contributed by atoms with Crippen molar-refractivity contribution in [1.82, 2.24) is 0 Å². The predicted molar refractivity (Wildman–Crippen MR) is 37.2 cm³/mol. The van der Waals surface area contributed by atoms with Crippen molar-refractivity contribution >= 4 is 0 Å². The second-order valence-electron chi connectivity index (χ2n) is 2.27. The molecule has 2 nitrogen and oxygen atoms in total. The van der Waals surface area contributed by atoms with Crippen LogP contribution in [-0.2, 0) is 9.47 Å². The van der Waals surface area contributed by atoms with Crippen molar-refractivity contribution in [2.45, 2.75) is 6.10 Å². The molecular weight excluding hydrogens is 128 g/mol. The number of fused-ring (bicyclic) bond motifs is 1. The van der Waals surface area contributed by atoms with E-state index in [2.05, 4.69) is 0 Å². The van der Waals surface area contributed by atoms with Gasteiger partial charge in [-0.3, -0.25) is 0 Å². The van der Waals surface area contributed by atoms with Crippen molar-refractivity contribution in [1.29, 1.82) is 0 Å². The van der Waals surface area contributed by atoms with E-state index in [0.717, 1.165) is 0 Å². The molecular formula is C8H8O2. The number of hydrogen-bond donors (Lipinski definition) is 0. The summed E-state index contributed by atoms with van der Waals surface area (Å²) in [5.41, 5.74) is 1.19. The molecule has 0 spiro atoms. The van der Waals surface area contributed by atoms with Crippen LogP contribution in [0.1, 0.15) is 0 Å². The first-order valence-corrected chi connectivity index (χ1v) is 3.26. The lowest BCUT2D eigenvalue weighted by molar-refractivity contribution is 0.161. The first-order valence-electron chi connectivity index (χ1n) is 3.26. The van der Waals surface area contributed by atoms with Gasteiger partial charge in [-0.15, -0.1) is 0 Å². The van der Waals surface area contributed by atoms with Gasteiger partial charge in [-0.2, -0.15) is 0 Å². The van der Waals surface area contributed by atoms with Gasteiger partial charge in [0, 0.05) is 5.57 Å². The summed E-state index contributed by atoms with van der Waals surface area (Å²) in [5.74, 6) is 0. The lowest BCUT2D eigenvalue weighted by atomic mass is 10.1. The molecule has 0 fully saturated rings. The quantitative estimate of drug-likeness (QED) is 0.500. The minimum absolute atomic E-state index is 0.124. The van der Waals surface area contributed by atoms with Crippen LogP contribution in [0.3, 0.4) is 0 Å². The highest BCUT2D eigenvalue weighted by molar-refractivity contribution is 5.25. The van der Waals surface area contributed by atoms with Crippen LogP contribution < -0.4 is 0 Å². The van der Waals surface area contributed by atoms with Crippen molar-refractivity contribution in [2.75, 3.05) is 6.61 Å². The lowest BCUT2D eigenvalue weighted by Gasteiger charge is -2.22. The largest absolute Gasteiger partial charge is 0.497 e. The van der Waals surface area contributed by atoms with Gasteiger partial charge < -0.3 is 9.47 Å². The summed E-state index contributed by atoms with van der Waals surface area (Å²) in [5, 5.41) is 0. The van der Waals surface area contributed by atoms with Crippen LogP contribution in [0.25, 0.3) is 0 Å². The lowest BCUT2D eigenvalue weighted by Crippen LogP contribution is -2.19. The van der Waals surface area contributed by atoms with Crippen LogP contribution >= 0.6 is 0 Å². The fraction of sp³-hybridized carbons (Fsp3) is 0.250. The molecule has 52 valence electrons. The zero-order chi connectivity index (χ0) is 6.81. The fourth-order valence-electron chi connectivity index (χ4n) is 1.05. The fourth-order valence-corrected chi connectivity index (χ4v) is 1.05. The minimum atomic E-state index is 0.124. The van der Waals surface area contributed by atoms with E-state index in [1.54, 1.807) is 12.5 Å². The smallest absolute Gasteiger partial charge is 0.144 e. The maximum Gasteiger partial charge on any atom is 0.144 e. The molecule has 0 saturated heterocycles. The van der Waals surface area contributed by atoms with Gasteiger partial charge >= 0.3 is 0 Å². The molecule has 2 rings (SSSR count). The number of allylic oxidation sites excluding steroid dienone is 2. The normalized spacial score (nSPS) is 28.0. The van der Waals surface area contributed by atoms with E-state index >= 15 is 0 Å². The molecule has 0 N–H and O–H groups in total. The first kappa shape index (κ1) is 5.59. The van der Waals surface area contributed by atoms with Crippen molar-refractivity contribution < 1.29 is 9.47 Å². The second-order valence-corrected chi connectivity index (χ2v) is 2.27. The molecule has 0 bridgehead atoms. The summed E-state index contributed by atoms with van der Waals surface area (Å²) in [6.45, 7) is 0.658. The third-order valence-corrected chi connectivity index (χ3v) is 1.58. The molecule has 10 heavy (non-hydrogen) atoms. The van der Waals surface area contributed by atoms with Gasteiger partial charge in [-0.1, -0.05) is 6.08 Å². The molecule has 2 aliphatic heterocycles. The molecule has 2 heterocycles. The van der Waals surface area contributed by atoms with Crippen LogP contribution in [0.5, 0.6) is 0 Å². The van der Waals surface area contributed by atoms with E-state index in [4.69, 9.17) is 9.47 Å². The zero-order valence-electron chi connectivity index (χ0n) is 5.49. The van der Waals surface area contributed by atoms with E-state index in [1.807, 2.05) is 18.2 Å². The second kappa shape index (κ2) is 2.21. The van der Waals surface area contributed by atoms with Gasteiger partial charge in [0.15, 0.2) is 0 Å². The van der Waals surface area contributed by atoms with E-state index in [1.165, 1.54) is 5.57 Å². The molecule has 2 heteroatoms. The summed E-state index contributed by atoms with van der Waals surface area (Å²) in [6.07, 6.45) is 9.31. The third-order valence-electron chi connectivity index (χ3n) is 1.58. The Morgan fingerprint density at radius 2 is 2.40 bits per heavy atom. The highest BCUT2D eigenvalue weighted by Crippen LogP contribution is 2.17. The van der Waals surface area contributed by atoms with Gasteiger partial charge in [0.2, 0.25) is 0 Å². The molecule has 0 amide bonds. The maximum absolute atomic E-state index is 5.27. The van der Waals surface area contributed by atoms with Gasteiger partial charge in [0.05, 0.1) is 12.5 Å². The van der Waals surface area contributed by atoms with Crippen molar-refractivity contribution in [3.63, 3.8) is 0 Å². The number of rotatable bonds is 0. The molecule has 0 aliphatic carbocycles. The Morgan fingerprint density at radius 3 is 3.30 bits per heavy atom. The topological polar surface area (TPSA) is 18.5 Å². The SMILES string of the molecule is C1=COC2C=COCC2=C1. The molecule has 1 atom stereocenters. The van der Waals surface area contributed by atoms with Crippen molar-refractivity contribution in [3.8, 4) is 0 Å². The monoisotopic (exact) mass is 136 g/mol. The Hall–Kier alpha value is -1.18. The minimum Gasteiger partial charge on any atom is -0.497 e. The highest BCUT2D eigenvalue weighted by Gasteiger charge is 2.16. The molecule has 0 aromatic carbocycles. The van der Waals surface area contributed by atoms with Gasteiger partial charge in [0.25, 0.3) is 0 Å². The first-order chi connectivity index (χ1) is 4.97. The summed E-state index contributed by atoms with van der Waals surface area (Å²) < 4.78 is 10.3. The summed E-state index contributed by atoms with van der Waals surface area (Å²) in [7, 11) is 0. The Balaban J connectivity index is 2.26. The summed E-state index contributed by atoms with van der Waals surface area (Å²) >= 11 is 0. The van der Waals surface area contributed by atoms with Gasteiger partial charge in [0.1, 0.15) is 12.7 Å². The van der Waals surface area contributed by atoms with Crippen LogP contribution in [0, 0.1) is 0 Å². The Labute approximate surface area is 59.4 Å². The predicted octanol–water partition coefficient (Wildman–Crippen LogP) is 1.37. The van der Waals surface area contributed by atoms with Crippen LogP contribution in [-0.4, -0.2) is 12.7 Å². The Bertz CT molecular complexity index is 213. The molecule has 2 aliphatic rings. The molecule has 0 saturated carbocycles. The number of hydrogen-bond acceptors (Lipinski definition) is 2. The molecule has 0 aromatic rings. The van der Waals surface area contributed by atoms with Crippen LogP contribution in [0.15, 0.2) is 36.3 Å². The van der Waals surface area contributed by atoms with E-state index < -0.39 is 0 Å². The van der Waals surface area contributed by atoms with E-state index in [9.17, 15) is 0 Å². The molecule has 0 radical (unpaired) electrons. The molecule has 0 aromatic heterocycles. The van der Waals surface area contributed by atoms with Crippen LogP contribution in [0.2, 0.25) is 0 Å². The highest BCUT2D eigenvalue weighted by atomic mass is 16.5. The van der Waals surface area contributed by atoms with Crippen molar-refractivity contribution in [2.24, 2.45) is 0 Å². The van der Waals surface area contributed by atoms with Gasteiger partial charge in [-0.05, 0) is 12.2 Å². The Kier molecular flexibility index (Phi) is 1.24. The van der Waals surface area contributed by atoms with Gasteiger partial charge in [-0.25, -0.2) is 0 Å². The average molecular weight is 136 g/mol. The summed E-state index contributed by atoms with van der Waals surface area (Å²) in [6, 6.07) is 0. The zero-order valence-corrected chi connectivity index (χ0v) is 5.49. The third kappa shape index (κ3) is 0.817. The summed E-state index contributed by atoms with van der Waals surface area (Å²) in [4.78, 5) is 0. The average Bonchev–Trinajstić information content (AvgIpc) is 2.05. The van der Waals surface area contributed by atoms with Crippen molar-refractivity contribution in [3.05, 3.63) is 36.3 Å².